The molecule has 1 saturated carbocycles. The van der Waals surface area contributed by atoms with E-state index in [1.165, 1.54) is 29.2 Å². The molecule has 1 fully saturated rings. The van der Waals surface area contributed by atoms with Crippen molar-refractivity contribution in [3.63, 3.8) is 0 Å². The van der Waals surface area contributed by atoms with Crippen LogP contribution in [0.3, 0.4) is 0 Å². The van der Waals surface area contributed by atoms with Gasteiger partial charge in [-0.15, -0.1) is 0 Å². The van der Waals surface area contributed by atoms with Crippen LogP contribution in [0.4, 0.5) is 5.69 Å². The Balaban J connectivity index is 1.69. The molecule has 41 heavy (non-hydrogen) atoms. The molecule has 0 unspecified atom stereocenters. The van der Waals surface area contributed by atoms with E-state index in [2.05, 4.69) is 5.32 Å². The Labute approximate surface area is 256 Å². The largest absolute Gasteiger partial charge is 0.352 e. The summed E-state index contributed by atoms with van der Waals surface area (Å²) in [7, 11) is -4.17. The molecular formula is C30H32Cl3N3O4S. The molecule has 7 nitrogen and oxygen atoms in total. The van der Waals surface area contributed by atoms with Crippen molar-refractivity contribution in [2.24, 2.45) is 0 Å². The Morgan fingerprint density at radius 1 is 0.927 bits per heavy atom. The first-order valence-electron chi connectivity index (χ1n) is 13.3. The van der Waals surface area contributed by atoms with Gasteiger partial charge in [-0.25, -0.2) is 8.42 Å². The van der Waals surface area contributed by atoms with E-state index in [0.717, 1.165) is 35.6 Å². The van der Waals surface area contributed by atoms with E-state index < -0.39 is 28.5 Å². The summed E-state index contributed by atoms with van der Waals surface area (Å²) in [6.45, 7) is 3.02. The van der Waals surface area contributed by atoms with E-state index in [9.17, 15) is 18.0 Å². The number of carbonyl (C=O) groups excluding carboxylic acids is 2. The van der Waals surface area contributed by atoms with Crippen LogP contribution in [0.15, 0.2) is 71.6 Å². The Kier molecular flexibility index (Phi) is 10.2. The van der Waals surface area contributed by atoms with Crippen molar-refractivity contribution in [3.05, 3.63) is 92.9 Å². The summed E-state index contributed by atoms with van der Waals surface area (Å²) in [5, 5.41) is 4.11. The van der Waals surface area contributed by atoms with E-state index in [1.807, 2.05) is 6.92 Å². The first-order chi connectivity index (χ1) is 19.5. The van der Waals surface area contributed by atoms with Gasteiger partial charge < -0.3 is 10.2 Å². The van der Waals surface area contributed by atoms with Gasteiger partial charge in [0.05, 0.1) is 20.6 Å². The van der Waals surface area contributed by atoms with Gasteiger partial charge in [-0.1, -0.05) is 71.4 Å². The van der Waals surface area contributed by atoms with Crippen molar-refractivity contribution < 1.29 is 18.0 Å². The van der Waals surface area contributed by atoms with Crippen LogP contribution >= 0.6 is 34.8 Å². The Hall–Kier alpha value is -2.78. The van der Waals surface area contributed by atoms with E-state index in [0.29, 0.717) is 26.3 Å². The molecule has 11 heteroatoms. The van der Waals surface area contributed by atoms with E-state index in [1.54, 1.807) is 49.4 Å². The third-order valence-electron chi connectivity index (χ3n) is 7.21. The maximum Gasteiger partial charge on any atom is 0.264 e. The average Bonchev–Trinajstić information content (AvgIpc) is 3.45. The molecule has 1 atom stereocenters. The summed E-state index contributed by atoms with van der Waals surface area (Å²) >= 11 is 18.3. The van der Waals surface area contributed by atoms with Crippen LogP contribution < -0.4 is 9.62 Å². The zero-order valence-electron chi connectivity index (χ0n) is 22.8. The fourth-order valence-corrected chi connectivity index (χ4v) is 6.64. The predicted octanol–water partition coefficient (Wildman–Crippen LogP) is 6.63. The van der Waals surface area contributed by atoms with Crippen LogP contribution in [0, 0.1) is 6.92 Å². The molecular weight excluding hydrogens is 605 g/mol. The number of nitrogens with one attached hydrogen (secondary N) is 1. The van der Waals surface area contributed by atoms with E-state index in [4.69, 9.17) is 34.8 Å². The summed E-state index contributed by atoms with van der Waals surface area (Å²) in [6.07, 6.45) is 3.86. The van der Waals surface area contributed by atoms with Crippen LogP contribution in [0.25, 0.3) is 0 Å². The summed E-state index contributed by atoms with van der Waals surface area (Å²) in [5.74, 6) is -0.851. The van der Waals surface area contributed by atoms with Gasteiger partial charge in [-0.05, 0) is 80.8 Å². The standard InChI is InChI=1S/C30H32Cl3N3O4S/c1-20-7-12-25(13-8-20)36(41(39,40)26-14-10-23(31)11-15-26)19-29(37)35(18-22-9-16-27(32)28(33)17-22)21(2)30(38)34-24-5-3-4-6-24/h7-17,21,24H,3-6,18-19H2,1-2H3,(H,34,38)/t21-/m0/s1. The number of halogens is 3. The zero-order valence-corrected chi connectivity index (χ0v) is 25.9. The lowest BCUT2D eigenvalue weighted by Gasteiger charge is -2.32. The predicted molar refractivity (Wildman–Crippen MR) is 164 cm³/mol. The number of amides is 2. The SMILES string of the molecule is Cc1ccc(N(CC(=O)N(Cc2ccc(Cl)c(Cl)c2)[C@@H](C)C(=O)NC2CCCC2)S(=O)(=O)c2ccc(Cl)cc2)cc1. The lowest BCUT2D eigenvalue weighted by atomic mass is 10.1. The fraction of sp³-hybridized carbons (Fsp3) is 0.333. The second-order valence-electron chi connectivity index (χ2n) is 10.2. The molecule has 218 valence electrons. The number of anilines is 1. The normalized spacial score (nSPS) is 14.5. The molecule has 4 rings (SSSR count). The molecule has 1 aliphatic rings. The molecule has 0 saturated heterocycles. The molecule has 2 amide bonds. The third-order valence-corrected chi connectivity index (χ3v) is 9.99. The second-order valence-corrected chi connectivity index (χ2v) is 13.4. The van der Waals surface area contributed by atoms with Gasteiger partial charge in [0, 0.05) is 17.6 Å². The molecule has 0 bridgehead atoms. The minimum absolute atomic E-state index is 0.0154. The number of sulfonamides is 1. The van der Waals surface area contributed by atoms with Crippen LogP contribution in [-0.2, 0) is 26.2 Å². The van der Waals surface area contributed by atoms with Gasteiger partial charge >= 0.3 is 0 Å². The van der Waals surface area contributed by atoms with Crippen LogP contribution in [-0.4, -0.2) is 43.8 Å². The quantitative estimate of drug-likeness (QED) is 0.271. The van der Waals surface area contributed by atoms with E-state index in [-0.39, 0.29) is 23.4 Å². The first kappa shape index (κ1) is 31.2. The number of aryl methyl sites for hydroxylation is 1. The number of hydrogen-bond donors (Lipinski definition) is 1. The van der Waals surface area contributed by atoms with Gasteiger partial charge in [-0.2, -0.15) is 0 Å². The molecule has 0 aliphatic heterocycles. The Bertz CT molecular complexity index is 1490. The minimum Gasteiger partial charge on any atom is -0.352 e. The lowest BCUT2D eigenvalue weighted by Crippen LogP contribution is -2.52. The van der Waals surface area contributed by atoms with Crippen molar-refractivity contribution >= 4 is 62.3 Å². The Morgan fingerprint density at radius 3 is 2.17 bits per heavy atom. The van der Waals surface area contributed by atoms with Gasteiger partial charge in [-0.3, -0.25) is 13.9 Å². The number of carbonyl (C=O) groups is 2. The van der Waals surface area contributed by atoms with Crippen molar-refractivity contribution in [3.8, 4) is 0 Å². The van der Waals surface area contributed by atoms with Crippen molar-refractivity contribution in [1.82, 2.24) is 10.2 Å². The van der Waals surface area contributed by atoms with Gasteiger partial charge in [0.15, 0.2) is 0 Å². The van der Waals surface area contributed by atoms with E-state index >= 15 is 0 Å². The van der Waals surface area contributed by atoms with Crippen molar-refractivity contribution in [2.45, 2.75) is 63.1 Å². The fourth-order valence-electron chi connectivity index (χ4n) is 4.78. The summed E-state index contributed by atoms with van der Waals surface area (Å²) < 4.78 is 28.8. The highest BCUT2D eigenvalue weighted by Gasteiger charge is 2.33. The molecule has 3 aromatic rings. The van der Waals surface area contributed by atoms with Gasteiger partial charge in [0.1, 0.15) is 12.6 Å². The molecule has 1 N–H and O–H groups in total. The number of benzene rings is 3. The summed E-state index contributed by atoms with van der Waals surface area (Å²) in [6, 6.07) is 16.8. The van der Waals surface area contributed by atoms with Crippen LogP contribution in [0.2, 0.25) is 15.1 Å². The molecule has 0 aromatic heterocycles. The van der Waals surface area contributed by atoms with Crippen molar-refractivity contribution in [1.29, 1.82) is 0 Å². The monoisotopic (exact) mass is 635 g/mol. The summed E-state index contributed by atoms with van der Waals surface area (Å²) in [4.78, 5) is 28.7. The highest BCUT2D eigenvalue weighted by molar-refractivity contribution is 7.92. The van der Waals surface area contributed by atoms with Crippen molar-refractivity contribution in [2.75, 3.05) is 10.8 Å². The minimum atomic E-state index is -4.17. The molecule has 0 spiro atoms. The number of nitrogens with zero attached hydrogens (tertiary/aromatic N) is 2. The summed E-state index contributed by atoms with van der Waals surface area (Å²) in [5.41, 5.74) is 1.90. The maximum absolute atomic E-state index is 14.0. The topological polar surface area (TPSA) is 86.8 Å². The smallest absolute Gasteiger partial charge is 0.264 e. The number of hydrogen-bond acceptors (Lipinski definition) is 4. The highest BCUT2D eigenvalue weighted by atomic mass is 35.5. The lowest BCUT2D eigenvalue weighted by molar-refractivity contribution is -0.139. The maximum atomic E-state index is 14.0. The second kappa shape index (κ2) is 13.5. The van der Waals surface area contributed by atoms with Gasteiger partial charge in [0.2, 0.25) is 11.8 Å². The Morgan fingerprint density at radius 2 is 1.56 bits per heavy atom. The van der Waals surface area contributed by atoms with Crippen LogP contribution in [0.5, 0.6) is 0 Å². The molecule has 1 aliphatic carbocycles. The number of rotatable bonds is 10. The zero-order chi connectivity index (χ0) is 29.7. The first-order valence-corrected chi connectivity index (χ1v) is 15.9. The van der Waals surface area contributed by atoms with Gasteiger partial charge in [0.25, 0.3) is 10.0 Å². The highest BCUT2D eigenvalue weighted by Crippen LogP contribution is 2.27. The molecule has 3 aromatic carbocycles. The molecule has 0 heterocycles. The molecule has 0 radical (unpaired) electrons. The third kappa shape index (κ3) is 7.74. The average molecular weight is 637 g/mol. The van der Waals surface area contributed by atoms with Crippen LogP contribution in [0.1, 0.15) is 43.7 Å².